The fourth-order valence-electron chi connectivity index (χ4n) is 6.04. The Morgan fingerprint density at radius 1 is 0.914 bits per heavy atom. The number of rotatable bonds is 5. The third-order valence-electron chi connectivity index (χ3n) is 7.76. The van der Waals surface area contributed by atoms with Crippen LogP contribution in [0.5, 0.6) is 0 Å². The number of aliphatic carboxylic acids is 1. The molecule has 3 atom stereocenters. The summed E-state index contributed by atoms with van der Waals surface area (Å²) in [6.07, 6.45) is 4.56. The standard InChI is InChI=1S/C28H32N2O5/c31-26(30-15-6-5-14-25(30)27(32)33)18-8-7-9-19(16-18)29-28(34)35-17-24-22-12-3-1-10-20(22)21-11-2-4-13-23(21)24/h1-4,10-13,18-19,24-25H,5-9,14-17H2,(H,29,34)(H,32,33)/t18-,19+,25?/m0/s1. The SMILES string of the molecule is O=C(N[C@@H]1CCC[C@H](C(=O)N2CCCCC2C(=O)O)C1)OCC1c2ccccc2-c2ccccc21. The molecule has 1 saturated carbocycles. The van der Waals surface area contributed by atoms with Crippen LogP contribution in [-0.2, 0) is 14.3 Å². The maximum atomic E-state index is 13.2. The van der Waals surface area contributed by atoms with Gasteiger partial charge in [0.2, 0.25) is 5.91 Å². The van der Waals surface area contributed by atoms with Crippen molar-refractivity contribution in [2.75, 3.05) is 13.2 Å². The molecule has 35 heavy (non-hydrogen) atoms. The minimum Gasteiger partial charge on any atom is -0.480 e. The van der Waals surface area contributed by atoms with Gasteiger partial charge in [-0.05, 0) is 60.8 Å². The molecule has 2 aliphatic carbocycles. The molecule has 0 spiro atoms. The van der Waals surface area contributed by atoms with E-state index in [1.165, 1.54) is 22.3 Å². The van der Waals surface area contributed by atoms with Crippen LogP contribution in [0.3, 0.4) is 0 Å². The number of nitrogens with one attached hydrogen (secondary N) is 1. The van der Waals surface area contributed by atoms with Crippen LogP contribution >= 0.6 is 0 Å². The minimum atomic E-state index is -0.929. The van der Waals surface area contributed by atoms with Gasteiger partial charge in [-0.15, -0.1) is 0 Å². The normalized spacial score (nSPS) is 23.8. The number of hydrogen-bond donors (Lipinski definition) is 2. The Bertz CT molecular complexity index is 1070. The molecule has 0 aromatic heterocycles. The van der Waals surface area contributed by atoms with Crippen molar-refractivity contribution in [2.24, 2.45) is 5.92 Å². The lowest BCUT2D eigenvalue weighted by Gasteiger charge is -2.37. The van der Waals surface area contributed by atoms with Gasteiger partial charge in [-0.1, -0.05) is 55.0 Å². The molecule has 2 amide bonds. The second-order valence-corrected chi connectivity index (χ2v) is 9.91. The van der Waals surface area contributed by atoms with E-state index in [0.29, 0.717) is 19.4 Å². The summed E-state index contributed by atoms with van der Waals surface area (Å²) in [5.41, 5.74) is 4.70. The van der Waals surface area contributed by atoms with Crippen molar-refractivity contribution in [3.8, 4) is 11.1 Å². The van der Waals surface area contributed by atoms with Crippen molar-refractivity contribution >= 4 is 18.0 Å². The smallest absolute Gasteiger partial charge is 0.407 e. The molecule has 0 bridgehead atoms. The van der Waals surface area contributed by atoms with Crippen molar-refractivity contribution in [3.05, 3.63) is 59.7 Å². The van der Waals surface area contributed by atoms with Crippen molar-refractivity contribution in [3.63, 3.8) is 0 Å². The molecule has 3 aliphatic rings. The Kier molecular flexibility index (Phi) is 6.75. The molecule has 2 fully saturated rings. The zero-order valence-electron chi connectivity index (χ0n) is 19.8. The van der Waals surface area contributed by atoms with E-state index < -0.39 is 18.1 Å². The van der Waals surface area contributed by atoms with Crippen LogP contribution < -0.4 is 5.32 Å². The van der Waals surface area contributed by atoms with Gasteiger partial charge >= 0.3 is 12.1 Å². The molecule has 0 radical (unpaired) electrons. The van der Waals surface area contributed by atoms with Crippen molar-refractivity contribution in [2.45, 2.75) is 62.9 Å². The molecule has 1 saturated heterocycles. The number of carbonyl (C=O) groups is 3. The number of hydrogen-bond acceptors (Lipinski definition) is 4. The highest BCUT2D eigenvalue weighted by Crippen LogP contribution is 2.44. The molecule has 7 heteroatoms. The Morgan fingerprint density at radius 2 is 1.60 bits per heavy atom. The van der Waals surface area contributed by atoms with Gasteiger partial charge in [-0.3, -0.25) is 4.79 Å². The predicted octanol–water partition coefficient (Wildman–Crippen LogP) is 4.55. The molecular formula is C28H32N2O5. The first-order valence-corrected chi connectivity index (χ1v) is 12.7. The summed E-state index contributed by atoms with van der Waals surface area (Å²) in [5.74, 6) is -1.28. The second kappa shape index (κ2) is 10.1. The molecule has 2 aromatic rings. The van der Waals surface area contributed by atoms with Crippen LogP contribution in [0.1, 0.15) is 62.0 Å². The van der Waals surface area contributed by atoms with E-state index in [4.69, 9.17) is 4.74 Å². The Balaban J connectivity index is 1.18. The fraction of sp³-hybridized carbons (Fsp3) is 0.464. The average Bonchev–Trinajstić information content (AvgIpc) is 3.21. The molecule has 1 unspecified atom stereocenters. The summed E-state index contributed by atoms with van der Waals surface area (Å²) in [6.45, 7) is 0.750. The number of likely N-dealkylation sites (tertiary alicyclic amines) is 1. The lowest BCUT2D eigenvalue weighted by molar-refractivity contribution is -0.154. The largest absolute Gasteiger partial charge is 0.480 e. The first-order valence-electron chi connectivity index (χ1n) is 12.7. The van der Waals surface area contributed by atoms with E-state index in [1.807, 2.05) is 24.3 Å². The maximum Gasteiger partial charge on any atom is 0.407 e. The number of ether oxygens (including phenoxy) is 1. The number of carboxylic acids is 1. The van der Waals surface area contributed by atoms with Gasteiger partial charge < -0.3 is 20.1 Å². The maximum absolute atomic E-state index is 13.2. The Labute approximate surface area is 205 Å². The highest BCUT2D eigenvalue weighted by molar-refractivity contribution is 5.85. The number of amides is 2. The van der Waals surface area contributed by atoms with E-state index in [0.717, 1.165) is 32.1 Å². The number of alkyl carbamates (subject to hydrolysis) is 1. The fourth-order valence-corrected chi connectivity index (χ4v) is 6.04. The number of carbonyl (C=O) groups excluding carboxylic acids is 2. The number of nitrogens with zero attached hydrogens (tertiary/aromatic N) is 1. The highest BCUT2D eigenvalue weighted by atomic mass is 16.5. The first kappa shape index (κ1) is 23.4. The van der Waals surface area contributed by atoms with Crippen LogP contribution in [0.2, 0.25) is 0 Å². The van der Waals surface area contributed by atoms with Crippen LogP contribution in [0, 0.1) is 5.92 Å². The molecule has 2 N–H and O–H groups in total. The van der Waals surface area contributed by atoms with E-state index in [-0.39, 0.29) is 30.4 Å². The van der Waals surface area contributed by atoms with E-state index >= 15 is 0 Å². The lowest BCUT2D eigenvalue weighted by Crippen LogP contribution is -2.51. The summed E-state index contributed by atoms with van der Waals surface area (Å²) in [6, 6.07) is 15.6. The topological polar surface area (TPSA) is 95.9 Å². The van der Waals surface area contributed by atoms with Crippen molar-refractivity contribution in [1.29, 1.82) is 0 Å². The third-order valence-corrected chi connectivity index (χ3v) is 7.76. The van der Waals surface area contributed by atoms with E-state index in [9.17, 15) is 19.5 Å². The van der Waals surface area contributed by atoms with Gasteiger partial charge in [-0.25, -0.2) is 9.59 Å². The van der Waals surface area contributed by atoms with Gasteiger partial charge in [0.1, 0.15) is 12.6 Å². The molecule has 2 aromatic carbocycles. The van der Waals surface area contributed by atoms with Crippen LogP contribution in [-0.4, -0.2) is 53.2 Å². The predicted molar refractivity (Wildman–Crippen MR) is 131 cm³/mol. The van der Waals surface area contributed by atoms with Crippen LogP contribution in [0.25, 0.3) is 11.1 Å². The first-order chi connectivity index (χ1) is 17.0. The number of benzene rings is 2. The van der Waals surface area contributed by atoms with Gasteiger partial charge in [0.05, 0.1) is 0 Å². The lowest BCUT2D eigenvalue weighted by atomic mass is 9.84. The molecule has 1 aliphatic heterocycles. The summed E-state index contributed by atoms with van der Waals surface area (Å²) in [4.78, 5) is 39.0. The molecule has 7 nitrogen and oxygen atoms in total. The van der Waals surface area contributed by atoms with Gasteiger partial charge in [-0.2, -0.15) is 0 Å². The van der Waals surface area contributed by atoms with Gasteiger partial charge in [0.25, 0.3) is 0 Å². The molecule has 5 rings (SSSR count). The number of fused-ring (bicyclic) bond motifs is 3. The zero-order valence-corrected chi connectivity index (χ0v) is 19.8. The zero-order chi connectivity index (χ0) is 24.4. The Morgan fingerprint density at radius 3 is 2.29 bits per heavy atom. The summed E-state index contributed by atoms with van der Waals surface area (Å²) in [7, 11) is 0. The quantitative estimate of drug-likeness (QED) is 0.660. The molecule has 1 heterocycles. The second-order valence-electron chi connectivity index (χ2n) is 9.91. The Hall–Kier alpha value is -3.35. The van der Waals surface area contributed by atoms with Crippen LogP contribution in [0.15, 0.2) is 48.5 Å². The summed E-state index contributed by atoms with van der Waals surface area (Å²) < 4.78 is 5.68. The van der Waals surface area contributed by atoms with Crippen molar-refractivity contribution in [1.82, 2.24) is 10.2 Å². The third kappa shape index (κ3) is 4.77. The average molecular weight is 477 g/mol. The summed E-state index contributed by atoms with van der Waals surface area (Å²) in [5, 5.41) is 12.5. The van der Waals surface area contributed by atoms with Gasteiger partial charge in [0.15, 0.2) is 0 Å². The molecule has 184 valence electrons. The number of carboxylic acid groups (broad SMARTS) is 1. The van der Waals surface area contributed by atoms with Gasteiger partial charge in [0, 0.05) is 24.4 Å². The van der Waals surface area contributed by atoms with Crippen LogP contribution in [0.4, 0.5) is 4.79 Å². The van der Waals surface area contributed by atoms with E-state index in [2.05, 4.69) is 29.6 Å². The highest BCUT2D eigenvalue weighted by Gasteiger charge is 2.38. The number of piperidine rings is 1. The summed E-state index contributed by atoms with van der Waals surface area (Å²) >= 11 is 0. The van der Waals surface area contributed by atoms with E-state index in [1.54, 1.807) is 4.90 Å². The molecular weight excluding hydrogens is 444 g/mol. The minimum absolute atomic E-state index is 0.000820. The monoisotopic (exact) mass is 476 g/mol. The van der Waals surface area contributed by atoms with Crippen molar-refractivity contribution < 1.29 is 24.2 Å².